The van der Waals surface area contributed by atoms with Crippen LogP contribution >= 0.6 is 11.6 Å². The number of hydrogen-bond acceptors (Lipinski definition) is 2. The van der Waals surface area contributed by atoms with Gasteiger partial charge in [-0.25, -0.2) is 0 Å². The number of nitrogens with zero attached hydrogens (tertiary/aromatic N) is 2. The van der Waals surface area contributed by atoms with E-state index in [1.165, 1.54) is 0 Å². The summed E-state index contributed by atoms with van der Waals surface area (Å²) < 4.78 is 0. The molecule has 1 aromatic heterocycles. The van der Waals surface area contributed by atoms with Gasteiger partial charge < -0.3 is 4.90 Å². The van der Waals surface area contributed by atoms with Crippen molar-refractivity contribution in [3.63, 3.8) is 0 Å². The summed E-state index contributed by atoms with van der Waals surface area (Å²) in [5, 5.41) is 2.73. The van der Waals surface area contributed by atoms with Gasteiger partial charge in [0.15, 0.2) is 0 Å². The number of anilines is 1. The van der Waals surface area contributed by atoms with Crippen LogP contribution in [-0.2, 0) is 6.54 Å². The second-order valence-corrected chi connectivity index (χ2v) is 5.47. The molecule has 102 valence electrons. The molecular weight excluding hydrogens is 284 g/mol. The molecule has 0 N–H and O–H groups in total. The molecule has 2 aromatic carbocycles. The van der Waals surface area contributed by atoms with Gasteiger partial charge in [-0.05, 0) is 29.7 Å². The van der Waals surface area contributed by atoms with Gasteiger partial charge in [-0.1, -0.05) is 35.9 Å². The molecular formula is C17H11ClN2O. The lowest BCUT2D eigenvalue weighted by atomic mass is 10.1. The van der Waals surface area contributed by atoms with E-state index in [0.717, 1.165) is 27.7 Å². The fourth-order valence-electron chi connectivity index (χ4n) is 2.83. The third-order valence-electron chi connectivity index (χ3n) is 3.75. The molecule has 0 saturated heterocycles. The molecule has 0 saturated carbocycles. The number of aromatic nitrogens is 1. The molecule has 21 heavy (non-hydrogen) atoms. The number of benzene rings is 2. The average molecular weight is 295 g/mol. The fourth-order valence-corrected chi connectivity index (χ4v) is 3.02. The first-order chi connectivity index (χ1) is 10.2. The third-order valence-corrected chi connectivity index (χ3v) is 3.98. The van der Waals surface area contributed by atoms with Gasteiger partial charge in [0, 0.05) is 22.2 Å². The highest BCUT2D eigenvalue weighted by Gasteiger charge is 2.29. The van der Waals surface area contributed by atoms with E-state index in [0.29, 0.717) is 11.6 Å². The smallest absolute Gasteiger partial charge is 0.259 e. The Labute approximate surface area is 126 Å². The molecule has 1 aliphatic rings. The minimum atomic E-state index is 0.0172. The molecule has 0 fully saturated rings. The lowest BCUT2D eigenvalue weighted by Crippen LogP contribution is -2.26. The molecule has 3 nitrogen and oxygen atoms in total. The molecule has 2 heterocycles. The molecule has 0 radical (unpaired) electrons. The first kappa shape index (κ1) is 12.4. The van der Waals surface area contributed by atoms with Crippen LogP contribution < -0.4 is 4.90 Å². The van der Waals surface area contributed by atoms with Gasteiger partial charge in [-0.15, -0.1) is 0 Å². The number of rotatable bonds is 2. The maximum atomic E-state index is 12.6. The quantitative estimate of drug-likeness (QED) is 0.714. The van der Waals surface area contributed by atoms with Crippen LogP contribution in [0.15, 0.2) is 54.7 Å². The lowest BCUT2D eigenvalue weighted by Gasteiger charge is -2.17. The summed E-state index contributed by atoms with van der Waals surface area (Å²) in [6.07, 6.45) is 1.66. The van der Waals surface area contributed by atoms with Gasteiger partial charge in [-0.3, -0.25) is 9.78 Å². The average Bonchev–Trinajstić information content (AvgIpc) is 2.76. The molecule has 1 aliphatic heterocycles. The zero-order valence-corrected chi connectivity index (χ0v) is 11.8. The number of pyridine rings is 1. The van der Waals surface area contributed by atoms with E-state index in [4.69, 9.17) is 11.6 Å². The summed E-state index contributed by atoms with van der Waals surface area (Å²) in [5.41, 5.74) is 2.47. The summed E-state index contributed by atoms with van der Waals surface area (Å²) >= 11 is 5.99. The van der Waals surface area contributed by atoms with Crippen molar-refractivity contribution in [3.8, 4) is 0 Å². The lowest BCUT2D eigenvalue weighted by molar-refractivity contribution is 0.0991. The Morgan fingerprint density at radius 3 is 2.71 bits per heavy atom. The van der Waals surface area contributed by atoms with E-state index in [-0.39, 0.29) is 5.91 Å². The maximum Gasteiger partial charge on any atom is 0.259 e. The standard InChI is InChI=1S/C17H11ClN2O/c18-12-7-8-19-13(9-12)10-20-15-6-2-4-11-3-1-5-14(16(11)15)17(20)21/h1-9H,10H2. The van der Waals surface area contributed by atoms with Crippen LogP contribution in [0, 0.1) is 0 Å². The van der Waals surface area contributed by atoms with Gasteiger partial charge in [0.1, 0.15) is 0 Å². The van der Waals surface area contributed by atoms with Gasteiger partial charge in [0.25, 0.3) is 5.91 Å². The van der Waals surface area contributed by atoms with Gasteiger partial charge >= 0.3 is 0 Å². The highest BCUT2D eigenvalue weighted by atomic mass is 35.5. The van der Waals surface area contributed by atoms with Crippen molar-refractivity contribution < 1.29 is 4.79 Å². The normalized spacial score (nSPS) is 13.2. The van der Waals surface area contributed by atoms with Crippen LogP contribution in [0.4, 0.5) is 5.69 Å². The molecule has 1 amide bonds. The molecule has 0 bridgehead atoms. The van der Waals surface area contributed by atoms with Crippen molar-refractivity contribution in [2.24, 2.45) is 0 Å². The van der Waals surface area contributed by atoms with Gasteiger partial charge in [-0.2, -0.15) is 0 Å². The molecule has 0 aliphatic carbocycles. The highest BCUT2D eigenvalue weighted by Crippen LogP contribution is 2.37. The van der Waals surface area contributed by atoms with Crippen LogP contribution in [0.2, 0.25) is 5.02 Å². The third kappa shape index (κ3) is 1.89. The highest BCUT2D eigenvalue weighted by molar-refractivity contribution is 6.30. The molecule has 4 heteroatoms. The predicted octanol–water partition coefficient (Wildman–Crippen LogP) is 4.05. The predicted molar refractivity (Wildman–Crippen MR) is 83.7 cm³/mol. The Morgan fingerprint density at radius 1 is 1.10 bits per heavy atom. The number of hydrogen-bond donors (Lipinski definition) is 0. The largest absolute Gasteiger partial charge is 0.302 e. The second kappa shape index (κ2) is 4.57. The number of amides is 1. The topological polar surface area (TPSA) is 33.2 Å². The number of carbonyl (C=O) groups is 1. The van der Waals surface area contributed by atoms with Crippen molar-refractivity contribution in [1.29, 1.82) is 0 Å². The van der Waals surface area contributed by atoms with Crippen molar-refractivity contribution in [1.82, 2.24) is 4.98 Å². The van der Waals surface area contributed by atoms with E-state index in [9.17, 15) is 4.79 Å². The van der Waals surface area contributed by atoms with Crippen LogP contribution in [0.3, 0.4) is 0 Å². The summed E-state index contributed by atoms with van der Waals surface area (Å²) in [6, 6.07) is 15.3. The fraction of sp³-hybridized carbons (Fsp3) is 0.0588. The summed E-state index contributed by atoms with van der Waals surface area (Å²) in [4.78, 5) is 18.7. The van der Waals surface area contributed by atoms with Crippen molar-refractivity contribution in [2.75, 3.05) is 4.90 Å². The minimum absolute atomic E-state index is 0.0172. The molecule has 0 unspecified atom stereocenters. The molecule has 0 atom stereocenters. The Hall–Kier alpha value is -2.39. The van der Waals surface area contributed by atoms with E-state index in [1.807, 2.05) is 36.4 Å². The minimum Gasteiger partial charge on any atom is -0.302 e. The summed E-state index contributed by atoms with van der Waals surface area (Å²) in [5.74, 6) is 0.0172. The Kier molecular flexibility index (Phi) is 2.69. The van der Waals surface area contributed by atoms with Crippen LogP contribution in [-0.4, -0.2) is 10.9 Å². The monoisotopic (exact) mass is 294 g/mol. The first-order valence-corrected chi connectivity index (χ1v) is 7.06. The summed E-state index contributed by atoms with van der Waals surface area (Å²) in [7, 11) is 0. The van der Waals surface area contributed by atoms with Crippen LogP contribution in [0.1, 0.15) is 16.1 Å². The maximum absolute atomic E-state index is 12.6. The van der Waals surface area contributed by atoms with Crippen LogP contribution in [0.25, 0.3) is 10.8 Å². The van der Waals surface area contributed by atoms with E-state index in [1.54, 1.807) is 23.2 Å². The first-order valence-electron chi connectivity index (χ1n) is 6.68. The Bertz CT molecular complexity index is 870. The summed E-state index contributed by atoms with van der Waals surface area (Å²) in [6.45, 7) is 0.424. The zero-order valence-electron chi connectivity index (χ0n) is 11.1. The van der Waals surface area contributed by atoms with E-state index < -0.39 is 0 Å². The molecule has 0 spiro atoms. The second-order valence-electron chi connectivity index (χ2n) is 5.04. The zero-order chi connectivity index (χ0) is 14.4. The van der Waals surface area contributed by atoms with Crippen molar-refractivity contribution >= 4 is 34.0 Å². The van der Waals surface area contributed by atoms with Crippen molar-refractivity contribution in [3.05, 3.63) is 71.0 Å². The van der Waals surface area contributed by atoms with Gasteiger partial charge in [0.2, 0.25) is 0 Å². The SMILES string of the molecule is O=C1c2cccc3cccc(c23)N1Cc1cc(Cl)ccn1. The Balaban J connectivity index is 1.82. The van der Waals surface area contributed by atoms with Crippen LogP contribution in [0.5, 0.6) is 0 Å². The number of carbonyl (C=O) groups excluding carboxylic acids is 1. The van der Waals surface area contributed by atoms with Crippen molar-refractivity contribution in [2.45, 2.75) is 6.54 Å². The molecule has 3 aromatic rings. The number of halogens is 1. The van der Waals surface area contributed by atoms with E-state index >= 15 is 0 Å². The molecule has 4 rings (SSSR count). The van der Waals surface area contributed by atoms with E-state index in [2.05, 4.69) is 4.98 Å². The Morgan fingerprint density at radius 2 is 1.90 bits per heavy atom. The van der Waals surface area contributed by atoms with Gasteiger partial charge in [0.05, 0.1) is 17.9 Å².